The summed E-state index contributed by atoms with van der Waals surface area (Å²) in [6.45, 7) is 1.40. The van der Waals surface area contributed by atoms with Crippen molar-refractivity contribution in [3.05, 3.63) is 0 Å². The van der Waals surface area contributed by atoms with Gasteiger partial charge in [-0.3, -0.25) is 4.55 Å². The summed E-state index contributed by atoms with van der Waals surface area (Å²) >= 11 is 11.3. The first-order valence-corrected chi connectivity index (χ1v) is 6.79. The van der Waals surface area contributed by atoms with Gasteiger partial charge in [-0.25, -0.2) is 0 Å². The van der Waals surface area contributed by atoms with E-state index in [1.165, 1.54) is 0 Å². The van der Waals surface area contributed by atoms with Gasteiger partial charge in [0.2, 0.25) is 0 Å². The van der Waals surface area contributed by atoms with Gasteiger partial charge >= 0.3 is 0 Å². The van der Waals surface area contributed by atoms with Gasteiger partial charge in [0.1, 0.15) is 0 Å². The van der Waals surface area contributed by atoms with Crippen molar-refractivity contribution in [3.63, 3.8) is 0 Å². The lowest BCUT2D eigenvalue weighted by atomic mass is 9.91. The summed E-state index contributed by atoms with van der Waals surface area (Å²) in [5, 5.41) is 0. The molecule has 1 saturated heterocycles. The van der Waals surface area contributed by atoms with Crippen molar-refractivity contribution < 1.29 is 13.0 Å². The minimum absolute atomic E-state index is 0.430. The summed E-state index contributed by atoms with van der Waals surface area (Å²) in [5.41, 5.74) is -0.872. The Labute approximate surface area is 99.9 Å². The molecule has 1 N–H and O–H groups in total. The van der Waals surface area contributed by atoms with E-state index in [-0.39, 0.29) is 0 Å². The second kappa shape index (κ2) is 4.73. The molecule has 8 heteroatoms. The molecule has 0 aromatic carbocycles. The fourth-order valence-corrected chi connectivity index (χ4v) is 3.43. The van der Waals surface area contributed by atoms with E-state index >= 15 is 0 Å². The van der Waals surface area contributed by atoms with E-state index in [9.17, 15) is 8.42 Å². The number of hydrogen-bond donors (Lipinski definition) is 1. The molecule has 0 atom stereocenters. The molecular weight excluding hydrogens is 263 g/mol. The first kappa shape index (κ1) is 13.5. The molecule has 0 spiro atoms. The first-order valence-electron chi connectivity index (χ1n) is 4.51. The average Bonchev–Trinajstić information content (AvgIpc) is 2.06. The topological polar surface area (TPSA) is 60.9 Å². The number of rotatable bonds is 3. The summed E-state index contributed by atoms with van der Waals surface area (Å²) in [6, 6.07) is 0. The van der Waals surface area contributed by atoms with E-state index in [0.717, 1.165) is 3.94 Å². The minimum atomic E-state index is -4.07. The van der Waals surface area contributed by atoms with Crippen LogP contribution in [0.25, 0.3) is 0 Å². The summed E-state index contributed by atoms with van der Waals surface area (Å²) < 4.78 is 31.5. The molecule has 90 valence electrons. The Kier molecular flexibility index (Phi) is 4.25. The van der Waals surface area contributed by atoms with Crippen LogP contribution in [0.5, 0.6) is 0 Å². The fraction of sp³-hybridized carbons (Fsp3) is 1.00. The maximum atomic E-state index is 10.9. The van der Waals surface area contributed by atoms with Crippen LogP contribution in [-0.4, -0.2) is 53.2 Å². The van der Waals surface area contributed by atoms with E-state index < -0.39 is 21.4 Å². The van der Waals surface area contributed by atoms with Crippen molar-refractivity contribution in [1.82, 2.24) is 8.84 Å². The highest BCUT2D eigenvalue weighted by Gasteiger charge is 2.42. The van der Waals surface area contributed by atoms with E-state index in [2.05, 4.69) is 4.90 Å². The fourth-order valence-electron chi connectivity index (χ4n) is 1.74. The molecular formula is C7H14Cl2N2O3S. The van der Waals surface area contributed by atoms with E-state index in [1.54, 1.807) is 0 Å². The van der Waals surface area contributed by atoms with Gasteiger partial charge in [0.25, 0.3) is 10.1 Å². The zero-order valence-corrected chi connectivity index (χ0v) is 10.7. The highest BCUT2D eigenvalue weighted by Crippen LogP contribution is 2.33. The molecule has 1 aliphatic heterocycles. The standard InChI is InChI=1S/C7H14Cl2N2O3S/c1-10-4-2-7(3-5-10,11(8)9)6-15(12,13)14/h2-6H2,1H3,(H,12,13,14). The number of halogens is 2. The van der Waals surface area contributed by atoms with Crippen molar-refractivity contribution in [1.29, 1.82) is 0 Å². The predicted octanol–water partition coefficient (Wildman–Crippen LogP) is 0.948. The van der Waals surface area contributed by atoms with Crippen LogP contribution in [0.2, 0.25) is 0 Å². The number of hydrogen-bond acceptors (Lipinski definition) is 4. The van der Waals surface area contributed by atoms with Crippen molar-refractivity contribution >= 4 is 33.7 Å². The van der Waals surface area contributed by atoms with Gasteiger partial charge in [0.05, 0.1) is 11.3 Å². The first-order chi connectivity index (χ1) is 6.75. The largest absolute Gasteiger partial charge is 0.306 e. The monoisotopic (exact) mass is 276 g/mol. The average molecular weight is 277 g/mol. The van der Waals surface area contributed by atoms with Gasteiger partial charge < -0.3 is 4.90 Å². The van der Waals surface area contributed by atoms with Crippen LogP contribution in [-0.2, 0) is 10.1 Å². The zero-order valence-electron chi connectivity index (χ0n) is 8.36. The maximum absolute atomic E-state index is 10.9. The van der Waals surface area contributed by atoms with Gasteiger partial charge in [-0.2, -0.15) is 8.42 Å². The second-order valence-corrected chi connectivity index (χ2v) is 6.29. The lowest BCUT2D eigenvalue weighted by Gasteiger charge is -2.41. The van der Waals surface area contributed by atoms with Crippen molar-refractivity contribution in [2.75, 3.05) is 25.9 Å². The molecule has 0 aliphatic carbocycles. The molecule has 0 saturated carbocycles. The molecule has 15 heavy (non-hydrogen) atoms. The molecule has 0 unspecified atom stereocenters. The van der Waals surface area contributed by atoms with Gasteiger partial charge in [-0.05, 0) is 56.5 Å². The molecule has 1 fully saturated rings. The lowest BCUT2D eigenvalue weighted by molar-refractivity contribution is 0.152. The molecule has 0 radical (unpaired) electrons. The Morgan fingerprint density at radius 3 is 2.20 bits per heavy atom. The molecule has 5 nitrogen and oxygen atoms in total. The highest BCUT2D eigenvalue weighted by molar-refractivity contribution is 7.85. The molecule has 1 rings (SSSR count). The van der Waals surface area contributed by atoms with Crippen molar-refractivity contribution in [2.45, 2.75) is 18.4 Å². The van der Waals surface area contributed by atoms with Crippen LogP contribution in [0, 0.1) is 0 Å². The molecule has 0 amide bonds. The quantitative estimate of drug-likeness (QED) is 0.614. The van der Waals surface area contributed by atoms with Gasteiger partial charge in [-0.1, -0.05) is 0 Å². The Bertz CT molecular complexity index is 312. The van der Waals surface area contributed by atoms with Crippen LogP contribution in [0.4, 0.5) is 0 Å². The molecule has 0 bridgehead atoms. The Balaban J connectivity index is 2.81. The lowest BCUT2D eigenvalue weighted by Crippen LogP contribution is -2.52. The van der Waals surface area contributed by atoms with Crippen LogP contribution < -0.4 is 0 Å². The smallest absolute Gasteiger partial charge is 0.266 e. The summed E-state index contributed by atoms with van der Waals surface area (Å²) in [7, 11) is -2.14. The van der Waals surface area contributed by atoms with E-state index in [4.69, 9.17) is 28.1 Å². The third kappa shape index (κ3) is 3.72. The summed E-state index contributed by atoms with van der Waals surface area (Å²) in [4.78, 5) is 2.06. The normalized spacial score (nSPS) is 23.3. The molecule has 0 aromatic heterocycles. The van der Waals surface area contributed by atoms with Crippen LogP contribution in [0.15, 0.2) is 0 Å². The molecule has 1 aliphatic rings. The third-order valence-electron chi connectivity index (χ3n) is 2.73. The van der Waals surface area contributed by atoms with Crippen molar-refractivity contribution in [2.24, 2.45) is 0 Å². The van der Waals surface area contributed by atoms with Crippen LogP contribution in [0.3, 0.4) is 0 Å². The summed E-state index contributed by atoms with van der Waals surface area (Å²) in [6.07, 6.45) is 1.02. The zero-order chi connectivity index (χ0) is 11.7. The van der Waals surface area contributed by atoms with Gasteiger partial charge in [0, 0.05) is 0 Å². The van der Waals surface area contributed by atoms with Crippen molar-refractivity contribution in [3.8, 4) is 0 Å². The third-order valence-corrected chi connectivity index (χ3v) is 4.35. The Morgan fingerprint density at radius 2 is 1.87 bits per heavy atom. The van der Waals surface area contributed by atoms with Gasteiger partial charge in [-0.15, -0.1) is 3.94 Å². The molecule has 1 heterocycles. The van der Waals surface area contributed by atoms with Gasteiger partial charge in [0.15, 0.2) is 0 Å². The second-order valence-electron chi connectivity index (χ2n) is 3.99. The SMILES string of the molecule is CN1CCC(CS(=O)(=O)O)(N(Cl)Cl)CC1. The molecule has 0 aromatic rings. The highest BCUT2D eigenvalue weighted by atomic mass is 35.5. The van der Waals surface area contributed by atoms with E-state index in [1.807, 2.05) is 7.05 Å². The predicted molar refractivity (Wildman–Crippen MR) is 59.4 cm³/mol. The maximum Gasteiger partial charge on any atom is 0.266 e. The number of likely N-dealkylation sites (tertiary alicyclic amines) is 1. The number of piperidine rings is 1. The Morgan fingerprint density at radius 1 is 1.40 bits per heavy atom. The minimum Gasteiger partial charge on any atom is -0.306 e. The van der Waals surface area contributed by atoms with Crippen LogP contribution >= 0.6 is 23.6 Å². The number of nitrogens with zero attached hydrogens (tertiary/aromatic N) is 2. The van der Waals surface area contributed by atoms with Crippen LogP contribution in [0.1, 0.15) is 12.8 Å². The summed E-state index contributed by atoms with van der Waals surface area (Å²) in [5.74, 6) is -0.430. The van der Waals surface area contributed by atoms with E-state index in [0.29, 0.717) is 25.9 Å². The Hall–Kier alpha value is 0.410.